The topological polar surface area (TPSA) is 113 Å². The fourth-order valence-corrected chi connectivity index (χ4v) is 9.73. The van der Waals surface area contributed by atoms with Crippen LogP contribution in [0.5, 0.6) is 0 Å². The molecule has 0 aromatic heterocycles. The minimum absolute atomic E-state index is 0.0861. The van der Waals surface area contributed by atoms with Crippen molar-refractivity contribution in [2.75, 3.05) is 24.6 Å². The van der Waals surface area contributed by atoms with Gasteiger partial charge in [-0.3, -0.25) is 9.59 Å². The first-order valence-corrected chi connectivity index (χ1v) is 16.0. The van der Waals surface area contributed by atoms with Crippen LogP contribution in [0, 0.1) is 6.92 Å². The zero-order valence-corrected chi connectivity index (χ0v) is 23.9. The van der Waals surface area contributed by atoms with Crippen LogP contribution in [0.4, 0.5) is 0 Å². The van der Waals surface area contributed by atoms with Crippen molar-refractivity contribution in [2.45, 2.75) is 28.7 Å². The number of rotatable bonds is 8. The molecule has 8 nitrogen and oxygen atoms in total. The number of carbonyl (C=O) groups is 2. The molecule has 2 heterocycles. The summed E-state index contributed by atoms with van der Waals surface area (Å²) in [5.74, 6) is -0.128. The van der Waals surface area contributed by atoms with Crippen LogP contribution in [0.15, 0.2) is 83.8 Å². The van der Waals surface area contributed by atoms with E-state index in [1.165, 1.54) is 27.8 Å². The highest BCUT2D eigenvalue weighted by Crippen LogP contribution is 2.47. The fraction of sp³-hybridized carbons (Fsp3) is 0.286. The third kappa shape index (κ3) is 5.33. The molecule has 2 aliphatic rings. The molecular formula is C28H30N4O4S3. The van der Waals surface area contributed by atoms with Gasteiger partial charge < -0.3 is 11.1 Å². The van der Waals surface area contributed by atoms with Gasteiger partial charge in [-0.1, -0.05) is 72.3 Å². The van der Waals surface area contributed by atoms with Gasteiger partial charge in [-0.25, -0.2) is 13.3 Å². The second-order valence-corrected chi connectivity index (χ2v) is 13.7. The molecule has 39 heavy (non-hydrogen) atoms. The summed E-state index contributed by atoms with van der Waals surface area (Å²) in [6.07, 6.45) is 0. The van der Waals surface area contributed by atoms with E-state index in [9.17, 15) is 18.0 Å². The van der Waals surface area contributed by atoms with E-state index in [2.05, 4.69) is 5.32 Å². The van der Waals surface area contributed by atoms with E-state index in [-0.39, 0.29) is 18.0 Å². The molecule has 204 valence electrons. The van der Waals surface area contributed by atoms with E-state index in [0.717, 1.165) is 22.3 Å². The quantitative estimate of drug-likeness (QED) is 0.419. The van der Waals surface area contributed by atoms with Gasteiger partial charge in [0.2, 0.25) is 20.9 Å². The highest BCUT2D eigenvalue weighted by molar-refractivity contribution is 8.03. The molecule has 3 aromatic carbocycles. The van der Waals surface area contributed by atoms with Crippen molar-refractivity contribution in [1.29, 1.82) is 0 Å². The van der Waals surface area contributed by atoms with Crippen LogP contribution in [0.3, 0.4) is 0 Å². The first kappa shape index (κ1) is 27.7. The number of nitrogens with zero attached hydrogens (tertiary/aromatic N) is 2. The molecule has 2 saturated heterocycles. The molecule has 2 atom stereocenters. The normalized spacial score (nSPS) is 22.1. The number of carbonyl (C=O) groups excluding carboxylic acids is 2. The standard InChI is InChI=1S/C28H30N4O4S3/c1-20-6-5-7-21(18-20)19-30-27(34)28(31-14-16-37-26(31)25(29)33)32(15-17-38-28)39(35,36)24-12-10-23(11-13-24)22-8-3-2-4-9-22/h2-13,18,26H,14-17,19H2,1H3,(H2,29,33)(H,30,34). The summed E-state index contributed by atoms with van der Waals surface area (Å²) in [6, 6.07) is 24.1. The van der Waals surface area contributed by atoms with Crippen LogP contribution in [0.25, 0.3) is 11.1 Å². The van der Waals surface area contributed by atoms with Crippen LogP contribution < -0.4 is 11.1 Å². The summed E-state index contributed by atoms with van der Waals surface area (Å²) in [7, 11) is -4.12. The van der Waals surface area contributed by atoms with Gasteiger partial charge in [0.05, 0.1) is 4.90 Å². The maximum atomic E-state index is 14.1. The minimum Gasteiger partial charge on any atom is -0.368 e. The van der Waals surface area contributed by atoms with Gasteiger partial charge in [-0.05, 0) is 35.7 Å². The smallest absolute Gasteiger partial charge is 0.267 e. The molecule has 3 aromatic rings. The fourth-order valence-electron chi connectivity index (χ4n) is 5.03. The van der Waals surface area contributed by atoms with Gasteiger partial charge in [0.25, 0.3) is 5.91 Å². The number of benzene rings is 3. The van der Waals surface area contributed by atoms with Gasteiger partial charge in [0.1, 0.15) is 5.37 Å². The molecule has 0 radical (unpaired) electrons. The van der Waals surface area contributed by atoms with Crippen molar-refractivity contribution in [2.24, 2.45) is 5.73 Å². The van der Waals surface area contributed by atoms with Gasteiger partial charge in [0.15, 0.2) is 0 Å². The highest BCUT2D eigenvalue weighted by atomic mass is 32.2. The second-order valence-electron chi connectivity index (χ2n) is 9.41. The molecular weight excluding hydrogens is 553 g/mol. The lowest BCUT2D eigenvalue weighted by atomic mass is 10.1. The highest BCUT2D eigenvalue weighted by Gasteiger charge is 2.61. The van der Waals surface area contributed by atoms with E-state index >= 15 is 0 Å². The number of hydrogen-bond donors (Lipinski definition) is 2. The lowest BCUT2D eigenvalue weighted by Gasteiger charge is -2.43. The number of hydrogen-bond acceptors (Lipinski definition) is 7. The van der Waals surface area contributed by atoms with E-state index < -0.39 is 32.2 Å². The molecule has 2 unspecified atom stereocenters. The largest absolute Gasteiger partial charge is 0.368 e. The molecule has 0 spiro atoms. The van der Waals surface area contributed by atoms with Gasteiger partial charge in [0, 0.05) is 31.1 Å². The predicted octanol–water partition coefficient (Wildman–Crippen LogP) is 3.23. The minimum atomic E-state index is -4.12. The summed E-state index contributed by atoms with van der Waals surface area (Å²) >= 11 is 2.55. The van der Waals surface area contributed by atoms with Crippen molar-refractivity contribution < 1.29 is 18.0 Å². The van der Waals surface area contributed by atoms with Gasteiger partial charge in [-0.15, -0.1) is 23.5 Å². The van der Waals surface area contributed by atoms with Gasteiger partial charge in [-0.2, -0.15) is 4.31 Å². The predicted molar refractivity (Wildman–Crippen MR) is 156 cm³/mol. The molecule has 0 bridgehead atoms. The van der Waals surface area contributed by atoms with Crippen molar-refractivity contribution in [1.82, 2.24) is 14.5 Å². The molecule has 2 fully saturated rings. The van der Waals surface area contributed by atoms with E-state index in [0.29, 0.717) is 18.1 Å². The molecule has 2 amide bonds. The molecule has 3 N–H and O–H groups in total. The number of nitrogens with two attached hydrogens (primary N) is 1. The summed E-state index contributed by atoms with van der Waals surface area (Å²) in [4.78, 5) is 26.6. The Morgan fingerprint density at radius 1 is 0.974 bits per heavy atom. The SMILES string of the molecule is Cc1cccc(CNC(=O)C2(N3CCSC3C(N)=O)SCCN2S(=O)(=O)c2ccc(-c3ccccc3)cc2)c1. The van der Waals surface area contributed by atoms with Crippen molar-refractivity contribution in [3.8, 4) is 11.1 Å². The Balaban J connectivity index is 1.51. The van der Waals surface area contributed by atoms with E-state index in [1.807, 2.05) is 61.5 Å². The Hall–Kier alpha value is -2.83. The average molecular weight is 583 g/mol. The van der Waals surface area contributed by atoms with E-state index in [1.54, 1.807) is 29.2 Å². The third-order valence-electron chi connectivity index (χ3n) is 6.84. The number of nitrogens with one attached hydrogen (secondary N) is 1. The Kier molecular flexibility index (Phi) is 8.06. The maximum Gasteiger partial charge on any atom is 0.267 e. The summed E-state index contributed by atoms with van der Waals surface area (Å²) < 4.78 is 29.5. The summed E-state index contributed by atoms with van der Waals surface area (Å²) in [5.41, 5.74) is 9.54. The molecule has 0 saturated carbocycles. The van der Waals surface area contributed by atoms with Gasteiger partial charge >= 0.3 is 0 Å². The Labute approximate surface area is 237 Å². The number of aryl methyl sites for hydroxylation is 1. The first-order chi connectivity index (χ1) is 18.7. The Morgan fingerprint density at radius 2 is 1.69 bits per heavy atom. The number of sulfonamides is 1. The van der Waals surface area contributed by atoms with Crippen molar-refractivity contribution in [3.63, 3.8) is 0 Å². The number of amides is 2. The van der Waals surface area contributed by atoms with Crippen molar-refractivity contribution in [3.05, 3.63) is 90.0 Å². The van der Waals surface area contributed by atoms with Crippen LogP contribution in [-0.4, -0.2) is 64.4 Å². The lowest BCUT2D eigenvalue weighted by molar-refractivity contribution is -0.135. The zero-order valence-electron chi connectivity index (χ0n) is 21.4. The number of primary amides is 1. The summed E-state index contributed by atoms with van der Waals surface area (Å²) in [6.45, 7) is 2.67. The maximum absolute atomic E-state index is 14.1. The lowest BCUT2D eigenvalue weighted by Crippen LogP contribution is -2.67. The van der Waals surface area contributed by atoms with Crippen LogP contribution in [0.2, 0.25) is 0 Å². The molecule has 0 aliphatic carbocycles. The molecule has 2 aliphatic heterocycles. The van der Waals surface area contributed by atoms with Crippen LogP contribution >= 0.6 is 23.5 Å². The molecule has 5 rings (SSSR count). The summed E-state index contributed by atoms with van der Waals surface area (Å²) in [5, 5.41) is 2.14. The average Bonchev–Trinajstić information content (AvgIpc) is 3.61. The molecule has 11 heteroatoms. The Morgan fingerprint density at radius 3 is 2.38 bits per heavy atom. The zero-order chi connectivity index (χ0) is 27.6. The second kappa shape index (κ2) is 11.3. The van der Waals surface area contributed by atoms with Crippen molar-refractivity contribution >= 4 is 45.4 Å². The van der Waals surface area contributed by atoms with E-state index in [4.69, 9.17) is 5.73 Å². The number of thioether (sulfide) groups is 2. The van der Waals surface area contributed by atoms with Crippen LogP contribution in [0.1, 0.15) is 11.1 Å². The Bertz CT molecular complexity index is 1470. The van der Waals surface area contributed by atoms with Crippen LogP contribution in [-0.2, 0) is 26.2 Å². The third-order valence-corrected chi connectivity index (χ3v) is 11.5. The first-order valence-electron chi connectivity index (χ1n) is 12.6. The monoisotopic (exact) mass is 582 g/mol.